The number of nitrogens with zero attached hydrogens (tertiary/aromatic N) is 1. The third-order valence-electron chi connectivity index (χ3n) is 4.70. The van der Waals surface area contributed by atoms with Crippen LogP contribution in [0.15, 0.2) is 30.3 Å². The van der Waals surface area contributed by atoms with E-state index in [-0.39, 0.29) is 12.5 Å². The molecule has 7 heteroatoms. The highest BCUT2D eigenvalue weighted by Gasteiger charge is 2.46. The van der Waals surface area contributed by atoms with Gasteiger partial charge in [-0.15, -0.1) is 0 Å². The number of hydrogen-bond acceptors (Lipinski definition) is 6. The van der Waals surface area contributed by atoms with E-state index < -0.39 is 30.0 Å². The van der Waals surface area contributed by atoms with Crippen LogP contribution in [0.25, 0.3) is 0 Å². The first-order valence-corrected chi connectivity index (χ1v) is 9.77. The van der Waals surface area contributed by atoms with Gasteiger partial charge >= 0.3 is 12.1 Å². The molecular weight excluding hydrogens is 362 g/mol. The molecule has 0 spiro atoms. The highest BCUT2D eigenvalue weighted by molar-refractivity contribution is 5.82. The summed E-state index contributed by atoms with van der Waals surface area (Å²) in [4.78, 5) is 26.9. The monoisotopic (exact) mass is 391 g/mol. The average molecular weight is 391 g/mol. The molecule has 0 aliphatic carbocycles. The van der Waals surface area contributed by atoms with Crippen LogP contribution in [-0.4, -0.2) is 54.7 Å². The van der Waals surface area contributed by atoms with Gasteiger partial charge in [-0.05, 0) is 39.2 Å². The topological polar surface area (TPSA) is 74.3 Å². The number of ether oxygens (including phenoxy) is 4. The highest BCUT2D eigenvalue weighted by atomic mass is 16.7. The second kappa shape index (κ2) is 8.92. The summed E-state index contributed by atoms with van der Waals surface area (Å²) in [6, 6.07) is 8.75. The van der Waals surface area contributed by atoms with E-state index in [4.69, 9.17) is 18.9 Å². The maximum atomic E-state index is 12.8. The minimum absolute atomic E-state index is 0.0953. The lowest BCUT2D eigenvalue weighted by Crippen LogP contribution is -2.44. The van der Waals surface area contributed by atoms with Crippen LogP contribution in [0.2, 0.25) is 0 Å². The van der Waals surface area contributed by atoms with Gasteiger partial charge in [-0.25, -0.2) is 9.59 Å². The van der Waals surface area contributed by atoms with Crippen molar-refractivity contribution in [1.29, 1.82) is 0 Å². The quantitative estimate of drug-likeness (QED) is 0.734. The maximum absolute atomic E-state index is 12.8. The Labute approximate surface area is 165 Å². The lowest BCUT2D eigenvalue weighted by molar-refractivity contribution is -0.202. The van der Waals surface area contributed by atoms with Gasteiger partial charge in [0, 0.05) is 12.5 Å². The van der Waals surface area contributed by atoms with Crippen LogP contribution < -0.4 is 0 Å². The molecule has 0 radical (unpaired) electrons. The number of carbonyl (C=O) groups excluding carboxylic acids is 2. The van der Waals surface area contributed by atoms with E-state index in [1.54, 1.807) is 20.8 Å². The summed E-state index contributed by atoms with van der Waals surface area (Å²) >= 11 is 0. The van der Waals surface area contributed by atoms with E-state index in [1.165, 1.54) is 4.90 Å². The second-order valence-corrected chi connectivity index (χ2v) is 8.20. The van der Waals surface area contributed by atoms with E-state index in [1.807, 2.05) is 30.3 Å². The molecule has 0 saturated carbocycles. The zero-order valence-electron chi connectivity index (χ0n) is 16.8. The molecule has 0 bridgehead atoms. The van der Waals surface area contributed by atoms with Crippen molar-refractivity contribution in [2.24, 2.45) is 5.92 Å². The molecule has 2 saturated heterocycles. The summed E-state index contributed by atoms with van der Waals surface area (Å²) in [6.45, 7) is 7.15. The minimum Gasteiger partial charge on any atom is -0.459 e. The Morgan fingerprint density at radius 2 is 1.82 bits per heavy atom. The average Bonchev–Trinajstić information content (AvgIpc) is 3.12. The zero-order valence-corrected chi connectivity index (χ0v) is 16.8. The van der Waals surface area contributed by atoms with Crippen LogP contribution in [0.4, 0.5) is 4.79 Å². The van der Waals surface area contributed by atoms with E-state index >= 15 is 0 Å². The fraction of sp³-hybridized carbons (Fsp3) is 0.619. The smallest absolute Gasteiger partial charge is 0.411 e. The van der Waals surface area contributed by atoms with E-state index in [0.29, 0.717) is 26.2 Å². The Morgan fingerprint density at radius 3 is 2.46 bits per heavy atom. The van der Waals surface area contributed by atoms with Gasteiger partial charge < -0.3 is 18.9 Å². The predicted molar refractivity (Wildman–Crippen MR) is 101 cm³/mol. The third kappa shape index (κ3) is 5.45. The third-order valence-corrected chi connectivity index (χ3v) is 4.70. The molecule has 1 aromatic rings. The number of likely N-dealkylation sites (tertiary alicyclic amines) is 1. The van der Waals surface area contributed by atoms with Crippen molar-refractivity contribution in [3.8, 4) is 0 Å². The molecule has 28 heavy (non-hydrogen) atoms. The summed E-state index contributed by atoms with van der Waals surface area (Å²) in [5.41, 5.74) is 0.249. The Hall–Kier alpha value is -2.12. The molecule has 0 N–H and O–H groups in total. The van der Waals surface area contributed by atoms with Crippen molar-refractivity contribution in [3.63, 3.8) is 0 Å². The zero-order chi connectivity index (χ0) is 20.1. The van der Waals surface area contributed by atoms with Crippen molar-refractivity contribution in [1.82, 2.24) is 4.90 Å². The van der Waals surface area contributed by atoms with E-state index in [2.05, 4.69) is 0 Å². The Kier molecular flexibility index (Phi) is 6.57. The molecule has 0 aromatic heterocycles. The highest BCUT2D eigenvalue weighted by Crippen LogP contribution is 2.31. The predicted octanol–water partition coefficient (Wildman–Crippen LogP) is 3.12. The van der Waals surface area contributed by atoms with Gasteiger partial charge in [0.25, 0.3) is 0 Å². The van der Waals surface area contributed by atoms with Crippen LogP contribution >= 0.6 is 0 Å². The minimum atomic E-state index is -0.710. The van der Waals surface area contributed by atoms with Gasteiger partial charge in [0.1, 0.15) is 18.2 Å². The first-order chi connectivity index (χ1) is 13.3. The number of hydrogen-bond donors (Lipinski definition) is 0. The molecule has 1 amide bonds. The number of esters is 1. The van der Waals surface area contributed by atoms with E-state index in [9.17, 15) is 9.59 Å². The summed E-state index contributed by atoms with van der Waals surface area (Å²) < 4.78 is 22.4. The summed E-state index contributed by atoms with van der Waals surface area (Å²) in [7, 11) is 0. The second-order valence-electron chi connectivity index (χ2n) is 8.20. The Balaban J connectivity index is 1.68. The molecule has 2 fully saturated rings. The normalized spacial score (nSPS) is 23.5. The van der Waals surface area contributed by atoms with Crippen molar-refractivity contribution in [2.45, 2.75) is 58.2 Å². The SMILES string of the molecule is CC(C)(C)OC(=O)N1CC(C2OCCCO2)C[C@H]1C(=O)OCc1ccccc1. The number of rotatable bonds is 4. The lowest BCUT2D eigenvalue weighted by atomic mass is 10.0. The van der Waals surface area contributed by atoms with Crippen molar-refractivity contribution in [2.75, 3.05) is 19.8 Å². The van der Waals surface area contributed by atoms with Gasteiger partial charge in [0.05, 0.1) is 13.2 Å². The summed E-state index contributed by atoms with van der Waals surface area (Å²) in [5.74, 6) is -0.532. The first kappa shape index (κ1) is 20.6. The standard InChI is InChI=1S/C21H29NO6/c1-21(2,3)28-20(24)22-13-16(19-25-10-7-11-26-19)12-17(22)18(23)27-14-15-8-5-4-6-9-15/h4-6,8-9,16-17,19H,7,10-14H2,1-3H3/t16?,17-/m0/s1. The fourth-order valence-corrected chi connectivity index (χ4v) is 3.41. The number of benzene rings is 1. The fourth-order valence-electron chi connectivity index (χ4n) is 3.41. The van der Waals surface area contributed by atoms with Gasteiger partial charge in [-0.3, -0.25) is 4.90 Å². The van der Waals surface area contributed by atoms with Gasteiger partial charge in [-0.2, -0.15) is 0 Å². The molecule has 1 unspecified atom stereocenters. The molecule has 2 aliphatic rings. The largest absolute Gasteiger partial charge is 0.459 e. The molecule has 2 heterocycles. The van der Waals surface area contributed by atoms with E-state index in [0.717, 1.165) is 12.0 Å². The van der Waals surface area contributed by atoms with Gasteiger partial charge in [-0.1, -0.05) is 30.3 Å². The molecule has 3 rings (SSSR count). The molecular formula is C21H29NO6. The number of amides is 1. The van der Waals surface area contributed by atoms with Crippen LogP contribution in [0.1, 0.15) is 39.2 Å². The molecule has 7 nitrogen and oxygen atoms in total. The van der Waals surface area contributed by atoms with Crippen LogP contribution in [0, 0.1) is 5.92 Å². The lowest BCUT2D eigenvalue weighted by Gasteiger charge is -2.29. The maximum Gasteiger partial charge on any atom is 0.411 e. The molecule has 2 atom stereocenters. The van der Waals surface area contributed by atoms with Crippen molar-refractivity contribution in [3.05, 3.63) is 35.9 Å². The molecule has 1 aromatic carbocycles. The van der Waals surface area contributed by atoms with Crippen molar-refractivity contribution < 1.29 is 28.5 Å². The van der Waals surface area contributed by atoms with Crippen LogP contribution in [0.5, 0.6) is 0 Å². The number of carbonyl (C=O) groups is 2. The molecule has 2 aliphatic heterocycles. The molecule has 154 valence electrons. The van der Waals surface area contributed by atoms with Crippen LogP contribution in [-0.2, 0) is 30.3 Å². The van der Waals surface area contributed by atoms with Crippen molar-refractivity contribution >= 4 is 12.1 Å². The Morgan fingerprint density at radius 1 is 1.14 bits per heavy atom. The first-order valence-electron chi connectivity index (χ1n) is 9.77. The van der Waals surface area contributed by atoms with Crippen LogP contribution in [0.3, 0.4) is 0 Å². The summed E-state index contributed by atoms with van der Waals surface area (Å²) in [6.07, 6.45) is 0.345. The summed E-state index contributed by atoms with van der Waals surface area (Å²) in [5, 5.41) is 0. The van der Waals surface area contributed by atoms with Gasteiger partial charge in [0.15, 0.2) is 6.29 Å². The van der Waals surface area contributed by atoms with Gasteiger partial charge in [0.2, 0.25) is 0 Å². The Bertz CT molecular complexity index is 665.